The van der Waals surface area contributed by atoms with Crippen molar-refractivity contribution in [2.24, 2.45) is 11.3 Å². The molecule has 0 aromatic heterocycles. The summed E-state index contributed by atoms with van der Waals surface area (Å²) in [5, 5.41) is 0. The molecular weight excluding hydrogens is 182 g/mol. The Bertz CT molecular complexity index is 205. The summed E-state index contributed by atoms with van der Waals surface area (Å²) in [4.78, 5) is 14.1. The summed E-state index contributed by atoms with van der Waals surface area (Å²) in [5.74, 6) is 2.67. The van der Waals surface area contributed by atoms with Crippen molar-refractivity contribution in [3.8, 4) is 0 Å². The molecule has 0 amide bonds. The van der Waals surface area contributed by atoms with Crippen LogP contribution in [-0.2, 0) is 4.79 Å². The van der Waals surface area contributed by atoms with E-state index in [4.69, 9.17) is 0 Å². The molecule has 1 aliphatic rings. The standard InChI is InChI=1S/C10H19NOS/c1-8-5-13-7-10(2,9(8)12)6-11(3)4/h8H,5-7H2,1-4H3/t8-,10+/m0/s1. The van der Waals surface area contributed by atoms with Crippen LogP contribution in [-0.4, -0.2) is 42.8 Å². The highest BCUT2D eigenvalue weighted by molar-refractivity contribution is 7.99. The highest BCUT2D eigenvalue weighted by Crippen LogP contribution is 2.34. The number of hydrogen-bond acceptors (Lipinski definition) is 3. The molecule has 0 bridgehead atoms. The van der Waals surface area contributed by atoms with E-state index in [2.05, 4.69) is 11.8 Å². The molecular formula is C10H19NOS. The minimum Gasteiger partial charge on any atom is -0.308 e. The fraction of sp³-hybridized carbons (Fsp3) is 0.900. The van der Waals surface area contributed by atoms with Crippen LogP contribution in [0.2, 0.25) is 0 Å². The molecule has 1 saturated heterocycles. The van der Waals surface area contributed by atoms with Gasteiger partial charge in [-0.05, 0) is 14.1 Å². The van der Waals surface area contributed by atoms with Gasteiger partial charge in [0.2, 0.25) is 0 Å². The van der Waals surface area contributed by atoms with Crippen LogP contribution in [0.25, 0.3) is 0 Å². The van der Waals surface area contributed by atoms with Crippen LogP contribution >= 0.6 is 11.8 Å². The lowest BCUT2D eigenvalue weighted by atomic mass is 9.81. The van der Waals surface area contributed by atoms with Crippen molar-refractivity contribution in [2.75, 3.05) is 32.1 Å². The predicted molar refractivity (Wildman–Crippen MR) is 58.2 cm³/mol. The van der Waals surface area contributed by atoms with Gasteiger partial charge in [0.1, 0.15) is 5.78 Å². The lowest BCUT2D eigenvalue weighted by molar-refractivity contribution is -0.130. The zero-order valence-electron chi connectivity index (χ0n) is 8.96. The van der Waals surface area contributed by atoms with Crippen LogP contribution in [0.15, 0.2) is 0 Å². The normalized spacial score (nSPS) is 35.5. The quantitative estimate of drug-likeness (QED) is 0.675. The Morgan fingerprint density at radius 2 is 2.23 bits per heavy atom. The molecule has 1 aliphatic heterocycles. The molecule has 0 spiro atoms. The fourth-order valence-electron chi connectivity index (χ4n) is 2.02. The molecule has 2 atom stereocenters. The number of carbonyl (C=O) groups is 1. The molecule has 0 saturated carbocycles. The molecule has 1 heterocycles. The first-order chi connectivity index (χ1) is 5.96. The van der Waals surface area contributed by atoms with Gasteiger partial charge in [0, 0.05) is 29.4 Å². The van der Waals surface area contributed by atoms with Gasteiger partial charge in [-0.1, -0.05) is 13.8 Å². The van der Waals surface area contributed by atoms with Gasteiger partial charge in [0.05, 0.1) is 0 Å². The summed E-state index contributed by atoms with van der Waals surface area (Å²) in [5.41, 5.74) is -0.119. The third kappa shape index (κ3) is 2.47. The van der Waals surface area contributed by atoms with E-state index in [1.807, 2.05) is 32.8 Å². The maximum atomic E-state index is 11.9. The molecule has 0 aromatic carbocycles. The summed E-state index contributed by atoms with van der Waals surface area (Å²) in [6.45, 7) is 5.02. The highest BCUT2D eigenvalue weighted by atomic mass is 32.2. The Labute approximate surface area is 85.1 Å². The molecule has 76 valence electrons. The highest BCUT2D eigenvalue weighted by Gasteiger charge is 2.39. The SMILES string of the molecule is C[C@H]1CSC[C@@](C)(CN(C)C)C1=O. The summed E-state index contributed by atoms with van der Waals surface area (Å²) < 4.78 is 0. The monoisotopic (exact) mass is 201 g/mol. The van der Waals surface area contributed by atoms with Gasteiger partial charge in [0.25, 0.3) is 0 Å². The average Bonchev–Trinajstić information content (AvgIpc) is 1.99. The van der Waals surface area contributed by atoms with E-state index in [-0.39, 0.29) is 11.3 Å². The Hall–Kier alpha value is -0.0200. The maximum Gasteiger partial charge on any atom is 0.144 e. The molecule has 0 radical (unpaired) electrons. The van der Waals surface area contributed by atoms with Crippen LogP contribution in [0.5, 0.6) is 0 Å². The first-order valence-corrected chi connectivity index (χ1v) is 5.88. The Kier molecular flexibility index (Phi) is 3.41. The molecule has 2 nitrogen and oxygen atoms in total. The van der Waals surface area contributed by atoms with Crippen molar-refractivity contribution in [3.05, 3.63) is 0 Å². The summed E-state index contributed by atoms with van der Waals surface area (Å²) in [6.07, 6.45) is 0. The molecule has 0 aromatic rings. The van der Waals surface area contributed by atoms with Gasteiger partial charge >= 0.3 is 0 Å². The van der Waals surface area contributed by atoms with Crippen LogP contribution in [0.3, 0.4) is 0 Å². The van der Waals surface area contributed by atoms with E-state index in [1.165, 1.54) is 0 Å². The molecule has 0 unspecified atom stereocenters. The van der Waals surface area contributed by atoms with Crippen molar-refractivity contribution >= 4 is 17.5 Å². The summed E-state index contributed by atoms with van der Waals surface area (Å²) >= 11 is 1.91. The minimum absolute atomic E-state index is 0.119. The van der Waals surface area contributed by atoms with Gasteiger partial charge in [0.15, 0.2) is 0 Å². The number of ketones is 1. The third-order valence-corrected chi connectivity index (χ3v) is 4.07. The van der Waals surface area contributed by atoms with Gasteiger partial charge in [-0.25, -0.2) is 0 Å². The van der Waals surface area contributed by atoms with Crippen LogP contribution < -0.4 is 0 Å². The maximum absolute atomic E-state index is 11.9. The lowest BCUT2D eigenvalue weighted by Crippen LogP contribution is -2.46. The van der Waals surface area contributed by atoms with Gasteiger partial charge in [-0.3, -0.25) is 4.79 Å². The van der Waals surface area contributed by atoms with Gasteiger partial charge in [-0.2, -0.15) is 11.8 Å². The topological polar surface area (TPSA) is 20.3 Å². The molecule has 1 fully saturated rings. The van der Waals surface area contributed by atoms with E-state index >= 15 is 0 Å². The molecule has 3 heteroatoms. The van der Waals surface area contributed by atoms with Gasteiger partial charge < -0.3 is 4.90 Å². The Morgan fingerprint density at radius 3 is 2.77 bits per heavy atom. The first kappa shape index (κ1) is 11.1. The lowest BCUT2D eigenvalue weighted by Gasteiger charge is -2.36. The van der Waals surface area contributed by atoms with Crippen LogP contribution in [0.1, 0.15) is 13.8 Å². The molecule has 0 aliphatic carbocycles. The number of nitrogens with zero attached hydrogens (tertiary/aromatic N) is 1. The Balaban J connectivity index is 2.69. The molecule has 13 heavy (non-hydrogen) atoms. The van der Waals surface area contributed by atoms with E-state index in [9.17, 15) is 4.79 Å². The second-order valence-corrected chi connectivity index (χ2v) is 5.61. The van der Waals surface area contributed by atoms with Gasteiger partial charge in [-0.15, -0.1) is 0 Å². The van der Waals surface area contributed by atoms with Crippen molar-refractivity contribution in [1.29, 1.82) is 0 Å². The summed E-state index contributed by atoms with van der Waals surface area (Å²) in [6, 6.07) is 0. The number of carbonyl (C=O) groups excluding carboxylic acids is 1. The smallest absolute Gasteiger partial charge is 0.144 e. The van der Waals surface area contributed by atoms with Crippen molar-refractivity contribution in [3.63, 3.8) is 0 Å². The van der Waals surface area contributed by atoms with E-state index in [0.717, 1.165) is 18.1 Å². The largest absolute Gasteiger partial charge is 0.308 e. The number of hydrogen-bond donors (Lipinski definition) is 0. The average molecular weight is 201 g/mol. The van der Waals surface area contributed by atoms with Crippen LogP contribution in [0.4, 0.5) is 0 Å². The number of Topliss-reactive ketones (excluding diaryl/α,β-unsaturated/α-hetero) is 1. The molecule has 1 rings (SSSR count). The fourth-order valence-corrected chi connectivity index (χ4v) is 3.33. The van der Waals surface area contributed by atoms with Crippen molar-refractivity contribution in [1.82, 2.24) is 4.90 Å². The van der Waals surface area contributed by atoms with Crippen molar-refractivity contribution < 1.29 is 4.79 Å². The second-order valence-electron chi connectivity index (χ2n) is 4.58. The second kappa shape index (κ2) is 4.01. The zero-order valence-corrected chi connectivity index (χ0v) is 9.78. The van der Waals surface area contributed by atoms with Crippen molar-refractivity contribution in [2.45, 2.75) is 13.8 Å². The number of rotatable bonds is 2. The van der Waals surface area contributed by atoms with Crippen LogP contribution in [0, 0.1) is 11.3 Å². The van der Waals surface area contributed by atoms with E-state index < -0.39 is 0 Å². The van der Waals surface area contributed by atoms with E-state index in [0.29, 0.717) is 5.78 Å². The first-order valence-electron chi connectivity index (χ1n) is 4.72. The summed E-state index contributed by atoms with van der Waals surface area (Å²) in [7, 11) is 4.06. The van der Waals surface area contributed by atoms with E-state index in [1.54, 1.807) is 0 Å². The zero-order chi connectivity index (χ0) is 10.1. The third-order valence-electron chi connectivity index (χ3n) is 2.50. The molecule has 0 N–H and O–H groups in total. The minimum atomic E-state index is -0.119. The predicted octanol–water partition coefficient (Wildman–Crippen LogP) is 1.51. The Morgan fingerprint density at radius 1 is 1.62 bits per heavy atom. The number of thioether (sulfide) groups is 1.